The summed E-state index contributed by atoms with van der Waals surface area (Å²) in [4.78, 5) is 2.61. The number of hydrogen-bond donors (Lipinski definition) is 0. The molecule has 1 fully saturated rings. The van der Waals surface area contributed by atoms with Crippen molar-refractivity contribution in [2.45, 2.75) is 193 Å². The minimum atomic E-state index is 0.232. The van der Waals surface area contributed by atoms with Gasteiger partial charge in [0.25, 0.3) is 0 Å². The van der Waals surface area contributed by atoms with E-state index >= 15 is 0 Å². The van der Waals surface area contributed by atoms with Crippen molar-refractivity contribution in [3.63, 3.8) is 0 Å². The maximum Gasteiger partial charge on any atom is 0.0934 e. The molecule has 1 rings (SSSR count). The summed E-state index contributed by atoms with van der Waals surface area (Å²) < 4.78 is 12.6. The molecule has 0 N–H and O–H groups in total. The molecule has 47 heavy (non-hydrogen) atoms. The van der Waals surface area contributed by atoms with Gasteiger partial charge in [0.1, 0.15) is 0 Å². The number of ether oxygens (including phenoxy) is 2. The summed E-state index contributed by atoms with van der Waals surface area (Å²) in [6.45, 7) is 10.6. The first kappa shape index (κ1) is 43.9. The third-order valence-corrected chi connectivity index (χ3v) is 9.40. The highest BCUT2D eigenvalue weighted by Gasteiger charge is 2.17. The van der Waals surface area contributed by atoms with E-state index in [9.17, 15) is 0 Å². The van der Waals surface area contributed by atoms with Crippen LogP contribution in [0.3, 0.4) is 0 Å². The van der Waals surface area contributed by atoms with Gasteiger partial charge in [-0.15, -0.1) is 0 Å². The molecule has 0 aromatic rings. The van der Waals surface area contributed by atoms with E-state index in [-0.39, 0.29) is 6.10 Å². The van der Waals surface area contributed by atoms with E-state index < -0.39 is 0 Å². The van der Waals surface area contributed by atoms with Gasteiger partial charge in [-0.1, -0.05) is 146 Å². The summed E-state index contributed by atoms with van der Waals surface area (Å²) in [6, 6.07) is 0. The number of nitrogens with zero attached hydrogens (tertiary/aromatic N) is 1. The van der Waals surface area contributed by atoms with Crippen LogP contribution in [0.25, 0.3) is 0 Å². The second kappa shape index (κ2) is 37.7. The average molecular weight is 656 g/mol. The largest absolute Gasteiger partial charge is 0.379 e. The van der Waals surface area contributed by atoms with E-state index in [1.807, 2.05) is 0 Å². The van der Waals surface area contributed by atoms with Crippen LogP contribution in [0.5, 0.6) is 0 Å². The number of piperidine rings is 1. The molecule has 3 heteroatoms. The molecule has 1 unspecified atom stereocenters. The lowest BCUT2D eigenvalue weighted by molar-refractivity contribution is -0.0363. The Morgan fingerprint density at radius 1 is 0.468 bits per heavy atom. The SMILES string of the molecule is CCCCC/C=C\C/C=C\CCCCCCCCOCC(CN1CCCCC1)OCCCCCCCC/C=C/C/C=C/CCCCC. The number of rotatable bonds is 35. The number of unbranched alkanes of at least 4 members (excludes halogenated alkanes) is 18. The van der Waals surface area contributed by atoms with E-state index in [1.165, 1.54) is 174 Å². The van der Waals surface area contributed by atoms with Gasteiger partial charge < -0.3 is 14.4 Å². The molecule has 0 aromatic carbocycles. The Bertz CT molecular complexity index is 720. The maximum atomic E-state index is 6.41. The van der Waals surface area contributed by atoms with E-state index in [0.29, 0.717) is 0 Å². The molecule has 0 aromatic heterocycles. The van der Waals surface area contributed by atoms with Crippen molar-refractivity contribution >= 4 is 0 Å². The van der Waals surface area contributed by atoms with Gasteiger partial charge in [-0.05, 0) is 103 Å². The Balaban J connectivity index is 2.01. The molecular weight excluding hydrogens is 574 g/mol. The Labute approximate surface area is 295 Å². The van der Waals surface area contributed by atoms with Crippen molar-refractivity contribution in [1.29, 1.82) is 0 Å². The second-order valence-electron chi connectivity index (χ2n) is 14.1. The average Bonchev–Trinajstić information content (AvgIpc) is 3.09. The minimum absolute atomic E-state index is 0.232. The Kier molecular flexibility index (Phi) is 35.1. The summed E-state index contributed by atoms with van der Waals surface area (Å²) in [5.41, 5.74) is 0. The fourth-order valence-electron chi connectivity index (χ4n) is 6.33. The monoisotopic (exact) mass is 656 g/mol. The molecule has 1 saturated heterocycles. The van der Waals surface area contributed by atoms with Crippen LogP contribution >= 0.6 is 0 Å². The van der Waals surface area contributed by atoms with Gasteiger partial charge in [0.2, 0.25) is 0 Å². The summed E-state index contributed by atoms with van der Waals surface area (Å²) in [5, 5.41) is 0. The summed E-state index contributed by atoms with van der Waals surface area (Å²) in [5.74, 6) is 0. The standard InChI is InChI=1S/C44H81NO2/c1-3-5-7-9-11-13-15-17-19-21-23-25-27-29-31-36-40-46-43-44(42-45-38-34-33-35-39-45)47-41-37-32-30-28-26-24-22-20-18-16-14-12-10-8-6-4-2/h11-14,17-20,44H,3-10,15-16,21-43H2,1-2H3/b13-11-,14-12+,19-17-,20-18+. The third-order valence-electron chi connectivity index (χ3n) is 9.40. The second-order valence-corrected chi connectivity index (χ2v) is 14.1. The Morgan fingerprint density at radius 3 is 1.38 bits per heavy atom. The molecule has 0 radical (unpaired) electrons. The van der Waals surface area contributed by atoms with Crippen LogP contribution in [0.2, 0.25) is 0 Å². The zero-order valence-corrected chi connectivity index (χ0v) is 31.8. The Hall–Kier alpha value is -1.16. The molecule has 0 saturated carbocycles. The molecule has 0 bridgehead atoms. The van der Waals surface area contributed by atoms with Crippen LogP contribution in [0.15, 0.2) is 48.6 Å². The van der Waals surface area contributed by atoms with Crippen molar-refractivity contribution in [2.75, 3.05) is 39.5 Å². The number of likely N-dealkylation sites (tertiary alicyclic amines) is 1. The quantitative estimate of drug-likeness (QED) is 0.0501. The summed E-state index contributed by atoms with van der Waals surface area (Å²) in [6.07, 6.45) is 54.1. The minimum Gasteiger partial charge on any atom is -0.379 e. The molecule has 0 spiro atoms. The molecule has 0 amide bonds. The highest BCUT2D eigenvalue weighted by Crippen LogP contribution is 2.13. The van der Waals surface area contributed by atoms with Crippen LogP contribution in [-0.4, -0.2) is 50.5 Å². The van der Waals surface area contributed by atoms with Crippen molar-refractivity contribution < 1.29 is 9.47 Å². The van der Waals surface area contributed by atoms with E-state index in [0.717, 1.165) is 39.2 Å². The maximum absolute atomic E-state index is 6.41. The normalized spacial score (nSPS) is 15.4. The van der Waals surface area contributed by atoms with Gasteiger partial charge in [0.05, 0.1) is 12.7 Å². The van der Waals surface area contributed by atoms with Crippen molar-refractivity contribution in [1.82, 2.24) is 4.90 Å². The molecule has 1 heterocycles. The molecule has 1 aliphatic heterocycles. The van der Waals surface area contributed by atoms with Crippen LogP contribution in [0.4, 0.5) is 0 Å². The first-order valence-electron chi connectivity index (χ1n) is 20.9. The molecule has 274 valence electrons. The zero-order valence-electron chi connectivity index (χ0n) is 31.8. The smallest absolute Gasteiger partial charge is 0.0934 e. The molecular formula is C44H81NO2. The topological polar surface area (TPSA) is 21.7 Å². The van der Waals surface area contributed by atoms with Crippen molar-refractivity contribution in [3.05, 3.63) is 48.6 Å². The fraction of sp³-hybridized carbons (Fsp3) is 0.818. The van der Waals surface area contributed by atoms with Crippen LogP contribution in [0, 0.1) is 0 Å². The van der Waals surface area contributed by atoms with Gasteiger partial charge in [-0.2, -0.15) is 0 Å². The van der Waals surface area contributed by atoms with Crippen LogP contribution < -0.4 is 0 Å². The molecule has 3 nitrogen and oxygen atoms in total. The molecule has 0 aliphatic carbocycles. The summed E-state index contributed by atoms with van der Waals surface area (Å²) >= 11 is 0. The zero-order chi connectivity index (χ0) is 33.6. The molecule has 1 atom stereocenters. The van der Waals surface area contributed by atoms with Gasteiger partial charge in [-0.3, -0.25) is 0 Å². The fourth-order valence-corrected chi connectivity index (χ4v) is 6.33. The lowest BCUT2D eigenvalue weighted by Gasteiger charge is -2.30. The van der Waals surface area contributed by atoms with Crippen LogP contribution in [-0.2, 0) is 9.47 Å². The first-order valence-corrected chi connectivity index (χ1v) is 20.9. The highest BCUT2D eigenvalue weighted by atomic mass is 16.5. The lowest BCUT2D eigenvalue weighted by Crippen LogP contribution is -2.39. The van der Waals surface area contributed by atoms with Gasteiger partial charge in [0, 0.05) is 19.8 Å². The van der Waals surface area contributed by atoms with Crippen molar-refractivity contribution in [2.24, 2.45) is 0 Å². The number of allylic oxidation sites excluding steroid dienone is 8. The first-order chi connectivity index (χ1) is 23.4. The lowest BCUT2D eigenvalue weighted by atomic mass is 10.1. The highest BCUT2D eigenvalue weighted by molar-refractivity contribution is 4.93. The van der Waals surface area contributed by atoms with E-state index in [4.69, 9.17) is 9.47 Å². The van der Waals surface area contributed by atoms with Gasteiger partial charge in [-0.25, -0.2) is 0 Å². The van der Waals surface area contributed by atoms with Gasteiger partial charge in [0.15, 0.2) is 0 Å². The Morgan fingerprint density at radius 2 is 0.894 bits per heavy atom. The molecule has 1 aliphatic rings. The van der Waals surface area contributed by atoms with E-state index in [2.05, 4.69) is 67.4 Å². The van der Waals surface area contributed by atoms with Crippen molar-refractivity contribution in [3.8, 4) is 0 Å². The van der Waals surface area contributed by atoms with Crippen LogP contribution in [0.1, 0.15) is 187 Å². The number of hydrogen-bond acceptors (Lipinski definition) is 3. The van der Waals surface area contributed by atoms with E-state index in [1.54, 1.807) is 0 Å². The third kappa shape index (κ3) is 33.1. The summed E-state index contributed by atoms with van der Waals surface area (Å²) in [7, 11) is 0. The predicted molar refractivity (Wildman–Crippen MR) is 210 cm³/mol. The predicted octanol–water partition coefficient (Wildman–Crippen LogP) is 13.5. The van der Waals surface area contributed by atoms with Gasteiger partial charge >= 0.3 is 0 Å².